The van der Waals surface area contributed by atoms with E-state index < -0.39 is 6.17 Å². The first-order valence-electron chi connectivity index (χ1n) is 9.69. The van der Waals surface area contributed by atoms with Crippen molar-refractivity contribution in [2.24, 2.45) is 0 Å². The van der Waals surface area contributed by atoms with E-state index in [-0.39, 0.29) is 6.61 Å². The van der Waals surface area contributed by atoms with E-state index in [0.29, 0.717) is 12.2 Å². The molecule has 0 radical (unpaired) electrons. The Morgan fingerprint density at radius 2 is 1.62 bits per heavy atom. The highest BCUT2D eigenvalue weighted by molar-refractivity contribution is 5.60. The number of hydrogen-bond acceptors (Lipinski definition) is 3. The van der Waals surface area contributed by atoms with Gasteiger partial charge in [-0.25, -0.2) is 4.39 Å². The maximum atomic E-state index is 13.7. The first-order valence-corrected chi connectivity index (χ1v) is 9.69. The summed E-state index contributed by atoms with van der Waals surface area (Å²) in [4.78, 5) is 4.42. The van der Waals surface area contributed by atoms with Gasteiger partial charge in [0.1, 0.15) is 24.3 Å². The molecule has 0 aliphatic carbocycles. The normalized spacial score (nSPS) is 12.0. The van der Waals surface area contributed by atoms with E-state index in [2.05, 4.69) is 18.8 Å². The van der Waals surface area contributed by atoms with Crippen molar-refractivity contribution in [1.82, 2.24) is 4.98 Å². The quantitative estimate of drug-likeness (QED) is 0.421. The van der Waals surface area contributed by atoms with Crippen LogP contribution in [0.2, 0.25) is 0 Å². The van der Waals surface area contributed by atoms with Crippen molar-refractivity contribution in [3.63, 3.8) is 0 Å². The van der Waals surface area contributed by atoms with E-state index >= 15 is 0 Å². The molecule has 1 aromatic carbocycles. The summed E-state index contributed by atoms with van der Waals surface area (Å²) in [6, 6.07) is 11.6. The minimum atomic E-state index is -0.915. The van der Waals surface area contributed by atoms with Gasteiger partial charge in [0.05, 0.1) is 18.5 Å². The summed E-state index contributed by atoms with van der Waals surface area (Å²) >= 11 is 0. The molecule has 0 fully saturated rings. The lowest BCUT2D eigenvalue weighted by Crippen LogP contribution is -2.12. The Labute approximate surface area is 156 Å². The summed E-state index contributed by atoms with van der Waals surface area (Å²) in [5, 5.41) is 0. The van der Waals surface area contributed by atoms with Crippen LogP contribution in [0, 0.1) is 0 Å². The zero-order valence-corrected chi connectivity index (χ0v) is 15.9. The molecule has 4 heteroatoms. The highest BCUT2D eigenvalue weighted by Gasteiger charge is 2.08. The first-order chi connectivity index (χ1) is 12.7. The molecule has 0 saturated carbocycles. The van der Waals surface area contributed by atoms with Gasteiger partial charge in [-0.05, 0) is 49.2 Å². The molecule has 0 spiro atoms. The fourth-order valence-corrected chi connectivity index (χ4v) is 2.58. The summed E-state index contributed by atoms with van der Waals surface area (Å²) in [5.41, 5.74) is 1.87. The number of unbranched alkanes of at least 4 members (excludes halogenated alkanes) is 3. The summed E-state index contributed by atoms with van der Waals surface area (Å²) in [6.07, 6.45) is 6.56. The SMILES string of the molecule is CCCCCC(F)COc1ccc(-c2ccc(OCCCC)cc2)nc1. The monoisotopic (exact) mass is 359 g/mol. The van der Waals surface area contributed by atoms with Crippen molar-refractivity contribution in [1.29, 1.82) is 0 Å². The van der Waals surface area contributed by atoms with Gasteiger partial charge in [0, 0.05) is 5.56 Å². The number of pyridine rings is 1. The molecule has 0 N–H and O–H groups in total. The third-order valence-corrected chi connectivity index (χ3v) is 4.20. The van der Waals surface area contributed by atoms with Crippen LogP contribution in [0.3, 0.4) is 0 Å². The molecule has 2 rings (SSSR count). The molecule has 142 valence electrons. The van der Waals surface area contributed by atoms with E-state index in [4.69, 9.17) is 9.47 Å². The fraction of sp³-hybridized carbons (Fsp3) is 0.500. The van der Waals surface area contributed by atoms with Gasteiger partial charge in [-0.1, -0.05) is 39.5 Å². The van der Waals surface area contributed by atoms with Gasteiger partial charge in [-0.2, -0.15) is 0 Å². The molecule has 26 heavy (non-hydrogen) atoms. The maximum Gasteiger partial charge on any atom is 0.137 e. The molecule has 1 unspecified atom stereocenters. The zero-order chi connectivity index (χ0) is 18.6. The van der Waals surface area contributed by atoms with Gasteiger partial charge in [0.2, 0.25) is 0 Å². The Bertz CT molecular complexity index is 613. The first kappa shape index (κ1) is 20.2. The minimum Gasteiger partial charge on any atom is -0.494 e. The molecule has 0 amide bonds. The lowest BCUT2D eigenvalue weighted by atomic mass is 10.1. The molecular weight excluding hydrogens is 329 g/mol. The average Bonchev–Trinajstić information content (AvgIpc) is 2.68. The van der Waals surface area contributed by atoms with E-state index in [1.807, 2.05) is 36.4 Å². The summed E-state index contributed by atoms with van der Waals surface area (Å²) < 4.78 is 24.9. The van der Waals surface area contributed by atoms with E-state index in [1.54, 1.807) is 6.20 Å². The minimum absolute atomic E-state index is 0.0918. The molecule has 0 saturated heterocycles. The van der Waals surface area contributed by atoms with Gasteiger partial charge in [-0.15, -0.1) is 0 Å². The van der Waals surface area contributed by atoms with Crippen LogP contribution in [0.4, 0.5) is 4.39 Å². The van der Waals surface area contributed by atoms with Gasteiger partial charge in [0.15, 0.2) is 0 Å². The number of benzene rings is 1. The molecule has 1 aromatic heterocycles. The molecule has 0 aliphatic heterocycles. The summed E-state index contributed by atoms with van der Waals surface area (Å²) in [5.74, 6) is 1.48. The third kappa shape index (κ3) is 7.03. The predicted octanol–water partition coefficient (Wildman–Crippen LogP) is 6.22. The highest BCUT2D eigenvalue weighted by atomic mass is 19.1. The second-order valence-electron chi connectivity index (χ2n) is 6.51. The van der Waals surface area contributed by atoms with E-state index in [1.165, 1.54) is 0 Å². The number of rotatable bonds is 12. The Morgan fingerprint density at radius 1 is 0.885 bits per heavy atom. The Morgan fingerprint density at radius 3 is 2.27 bits per heavy atom. The van der Waals surface area contributed by atoms with Crippen molar-refractivity contribution < 1.29 is 13.9 Å². The van der Waals surface area contributed by atoms with Gasteiger partial charge in [0.25, 0.3) is 0 Å². The van der Waals surface area contributed by atoms with Crippen LogP contribution in [0.5, 0.6) is 11.5 Å². The Balaban J connectivity index is 1.82. The Kier molecular flexibility index (Phi) is 8.94. The lowest BCUT2D eigenvalue weighted by molar-refractivity contribution is 0.183. The van der Waals surface area contributed by atoms with Crippen LogP contribution in [-0.4, -0.2) is 24.4 Å². The fourth-order valence-electron chi connectivity index (χ4n) is 2.58. The number of hydrogen-bond donors (Lipinski definition) is 0. The summed E-state index contributed by atoms with van der Waals surface area (Å²) in [7, 11) is 0. The van der Waals surface area contributed by atoms with E-state index in [9.17, 15) is 4.39 Å². The van der Waals surface area contributed by atoms with Crippen LogP contribution in [0.1, 0.15) is 52.4 Å². The van der Waals surface area contributed by atoms with Crippen molar-refractivity contribution >= 4 is 0 Å². The number of alkyl halides is 1. The van der Waals surface area contributed by atoms with E-state index in [0.717, 1.165) is 55.7 Å². The van der Waals surface area contributed by atoms with Crippen molar-refractivity contribution in [3.8, 4) is 22.8 Å². The molecule has 0 aliphatic rings. The van der Waals surface area contributed by atoms with Crippen LogP contribution in [0.15, 0.2) is 42.6 Å². The zero-order valence-electron chi connectivity index (χ0n) is 15.9. The van der Waals surface area contributed by atoms with Gasteiger partial charge < -0.3 is 9.47 Å². The third-order valence-electron chi connectivity index (χ3n) is 4.20. The second kappa shape index (κ2) is 11.5. The van der Waals surface area contributed by atoms with Crippen molar-refractivity contribution in [3.05, 3.63) is 42.6 Å². The van der Waals surface area contributed by atoms with Crippen LogP contribution in [-0.2, 0) is 0 Å². The number of ether oxygens (including phenoxy) is 2. The largest absolute Gasteiger partial charge is 0.494 e. The van der Waals surface area contributed by atoms with Crippen LogP contribution >= 0.6 is 0 Å². The van der Waals surface area contributed by atoms with Crippen LogP contribution < -0.4 is 9.47 Å². The van der Waals surface area contributed by atoms with Crippen molar-refractivity contribution in [2.75, 3.05) is 13.2 Å². The molecule has 0 bridgehead atoms. The number of nitrogens with zero attached hydrogens (tertiary/aromatic N) is 1. The maximum absolute atomic E-state index is 13.7. The van der Waals surface area contributed by atoms with Crippen LogP contribution in [0.25, 0.3) is 11.3 Å². The lowest BCUT2D eigenvalue weighted by Gasteiger charge is -2.10. The topological polar surface area (TPSA) is 31.4 Å². The second-order valence-corrected chi connectivity index (χ2v) is 6.51. The molecular formula is C22H30FNO2. The number of halogens is 1. The average molecular weight is 359 g/mol. The summed E-state index contributed by atoms with van der Waals surface area (Å²) in [6.45, 7) is 5.10. The van der Waals surface area contributed by atoms with Crippen molar-refractivity contribution in [2.45, 2.75) is 58.5 Å². The molecule has 1 heterocycles. The molecule has 1 atom stereocenters. The standard InChI is InChI=1S/C22H30FNO2/c1-3-5-7-8-19(23)17-26-21-13-14-22(24-16-21)18-9-11-20(12-10-18)25-15-6-4-2/h9-14,16,19H,3-8,15,17H2,1-2H3. The predicted molar refractivity (Wildman–Crippen MR) is 105 cm³/mol. The smallest absolute Gasteiger partial charge is 0.137 e. The number of aromatic nitrogens is 1. The van der Waals surface area contributed by atoms with Gasteiger partial charge in [-0.3, -0.25) is 4.98 Å². The highest BCUT2D eigenvalue weighted by Crippen LogP contribution is 2.23. The molecule has 3 nitrogen and oxygen atoms in total. The van der Waals surface area contributed by atoms with Gasteiger partial charge >= 0.3 is 0 Å². The molecule has 2 aromatic rings. The Hall–Kier alpha value is -2.10.